The molecule has 1 heterocycles. The Morgan fingerprint density at radius 2 is 2.18 bits per heavy atom. The second-order valence-electron chi connectivity index (χ2n) is 2.39. The van der Waals surface area contributed by atoms with Crippen molar-refractivity contribution in [1.82, 2.24) is 0 Å². The summed E-state index contributed by atoms with van der Waals surface area (Å²) in [6.07, 6.45) is 0.895. The minimum atomic E-state index is -0.261. The average Bonchev–Trinajstić information content (AvgIpc) is 2.52. The molecule has 0 atom stereocenters. The van der Waals surface area contributed by atoms with Crippen LogP contribution in [-0.4, -0.2) is 19.5 Å². The fraction of sp³-hybridized carbons (Fsp3) is 0.625. The highest BCUT2D eigenvalue weighted by molar-refractivity contribution is 5.01. The Morgan fingerprint density at radius 3 is 2.73 bits per heavy atom. The standard InChI is InChI=1S/C8H11NO2/c1-7(3-2-4-9)8-10-5-6-11-8/h8H,1-3,5-6H2. The minimum absolute atomic E-state index is 0.261. The number of nitrogens with zero attached hydrogens (tertiary/aromatic N) is 1. The van der Waals surface area contributed by atoms with E-state index in [0.717, 1.165) is 5.57 Å². The Bertz CT molecular complexity index is 177. The SMILES string of the molecule is C=C(CCC#N)C1OCCO1. The molecule has 1 fully saturated rings. The molecule has 0 aromatic rings. The molecule has 0 bridgehead atoms. The lowest BCUT2D eigenvalue weighted by Gasteiger charge is -2.09. The van der Waals surface area contributed by atoms with Crippen LogP contribution in [0.3, 0.4) is 0 Å². The predicted molar refractivity (Wildman–Crippen MR) is 39.7 cm³/mol. The third-order valence-electron chi connectivity index (χ3n) is 1.51. The molecule has 3 heteroatoms. The highest BCUT2D eigenvalue weighted by Gasteiger charge is 2.18. The Morgan fingerprint density at radius 1 is 1.55 bits per heavy atom. The summed E-state index contributed by atoms with van der Waals surface area (Å²) >= 11 is 0. The molecule has 0 amide bonds. The molecule has 1 saturated heterocycles. The maximum absolute atomic E-state index is 8.29. The first-order valence-corrected chi connectivity index (χ1v) is 3.62. The maximum atomic E-state index is 8.29. The Labute approximate surface area is 66.2 Å². The van der Waals surface area contributed by atoms with Crippen molar-refractivity contribution in [3.05, 3.63) is 12.2 Å². The lowest BCUT2D eigenvalue weighted by atomic mass is 10.2. The van der Waals surface area contributed by atoms with Crippen LogP contribution in [0.15, 0.2) is 12.2 Å². The molecule has 0 aromatic heterocycles. The highest BCUT2D eigenvalue weighted by Crippen LogP contribution is 2.16. The molecule has 0 radical (unpaired) electrons. The van der Waals surface area contributed by atoms with Crippen molar-refractivity contribution in [1.29, 1.82) is 5.26 Å². The smallest absolute Gasteiger partial charge is 0.179 e. The van der Waals surface area contributed by atoms with Gasteiger partial charge in [0, 0.05) is 6.42 Å². The van der Waals surface area contributed by atoms with Gasteiger partial charge in [-0.1, -0.05) is 6.58 Å². The van der Waals surface area contributed by atoms with E-state index in [1.165, 1.54) is 0 Å². The van der Waals surface area contributed by atoms with Gasteiger partial charge >= 0.3 is 0 Å². The van der Waals surface area contributed by atoms with Gasteiger partial charge in [0.2, 0.25) is 0 Å². The third kappa shape index (κ3) is 2.34. The molecule has 0 saturated carbocycles. The highest BCUT2D eigenvalue weighted by atomic mass is 16.7. The lowest BCUT2D eigenvalue weighted by Crippen LogP contribution is -2.09. The van der Waals surface area contributed by atoms with Gasteiger partial charge in [-0.25, -0.2) is 0 Å². The van der Waals surface area contributed by atoms with Crippen molar-refractivity contribution in [2.45, 2.75) is 19.1 Å². The molecule has 0 unspecified atom stereocenters. The van der Waals surface area contributed by atoms with Crippen LogP contribution < -0.4 is 0 Å². The van der Waals surface area contributed by atoms with Crippen LogP contribution >= 0.6 is 0 Å². The fourth-order valence-electron chi connectivity index (χ4n) is 0.928. The molecule has 0 aliphatic carbocycles. The molecule has 0 aromatic carbocycles. The summed E-state index contributed by atoms with van der Waals surface area (Å²) in [6.45, 7) is 5.04. The van der Waals surface area contributed by atoms with E-state index in [-0.39, 0.29) is 6.29 Å². The summed E-state index contributed by atoms with van der Waals surface area (Å²) in [5.74, 6) is 0. The quantitative estimate of drug-likeness (QED) is 0.572. The van der Waals surface area contributed by atoms with E-state index in [1.807, 2.05) is 0 Å². The monoisotopic (exact) mass is 153 g/mol. The van der Waals surface area contributed by atoms with Gasteiger partial charge in [0.25, 0.3) is 0 Å². The first-order valence-electron chi connectivity index (χ1n) is 3.62. The second-order valence-corrected chi connectivity index (χ2v) is 2.39. The predicted octanol–water partition coefficient (Wildman–Crippen LogP) is 1.22. The van der Waals surface area contributed by atoms with Gasteiger partial charge in [-0.2, -0.15) is 5.26 Å². The molecule has 0 N–H and O–H groups in total. The fourth-order valence-corrected chi connectivity index (χ4v) is 0.928. The topological polar surface area (TPSA) is 42.2 Å². The zero-order chi connectivity index (χ0) is 8.10. The van der Waals surface area contributed by atoms with Crippen LogP contribution in [0.25, 0.3) is 0 Å². The van der Waals surface area contributed by atoms with E-state index >= 15 is 0 Å². The van der Waals surface area contributed by atoms with Crippen molar-refractivity contribution in [3.63, 3.8) is 0 Å². The lowest BCUT2D eigenvalue weighted by molar-refractivity contribution is -0.0129. The summed E-state index contributed by atoms with van der Waals surface area (Å²) < 4.78 is 10.4. The minimum Gasteiger partial charge on any atom is -0.346 e. The molecule has 1 aliphatic heterocycles. The van der Waals surface area contributed by atoms with Crippen LogP contribution in [-0.2, 0) is 9.47 Å². The van der Waals surface area contributed by atoms with Gasteiger partial charge in [-0.05, 0) is 12.0 Å². The zero-order valence-corrected chi connectivity index (χ0v) is 6.38. The molecule has 3 nitrogen and oxygen atoms in total. The number of hydrogen-bond donors (Lipinski definition) is 0. The van der Waals surface area contributed by atoms with Crippen molar-refractivity contribution in [3.8, 4) is 6.07 Å². The van der Waals surface area contributed by atoms with E-state index < -0.39 is 0 Å². The molecule has 1 rings (SSSR count). The number of hydrogen-bond acceptors (Lipinski definition) is 3. The van der Waals surface area contributed by atoms with Crippen LogP contribution in [0.2, 0.25) is 0 Å². The normalized spacial score (nSPS) is 18.1. The van der Waals surface area contributed by atoms with E-state index in [0.29, 0.717) is 26.1 Å². The van der Waals surface area contributed by atoms with E-state index in [9.17, 15) is 0 Å². The third-order valence-corrected chi connectivity index (χ3v) is 1.51. The Balaban J connectivity index is 2.24. The molecular weight excluding hydrogens is 142 g/mol. The summed E-state index contributed by atoms with van der Waals surface area (Å²) in [5.41, 5.74) is 0.865. The molecular formula is C8H11NO2. The summed E-state index contributed by atoms with van der Waals surface area (Å²) in [6, 6.07) is 2.05. The Hall–Kier alpha value is -0.850. The van der Waals surface area contributed by atoms with Gasteiger partial charge in [-0.15, -0.1) is 0 Å². The van der Waals surface area contributed by atoms with Crippen molar-refractivity contribution < 1.29 is 9.47 Å². The number of ether oxygens (including phenoxy) is 2. The summed E-state index contributed by atoms with van der Waals surface area (Å²) in [4.78, 5) is 0. The van der Waals surface area contributed by atoms with Gasteiger partial charge in [0.05, 0.1) is 19.3 Å². The molecule has 60 valence electrons. The van der Waals surface area contributed by atoms with Crippen LogP contribution in [0, 0.1) is 11.3 Å². The molecule has 0 spiro atoms. The summed E-state index contributed by atoms with van der Waals surface area (Å²) in [7, 11) is 0. The van der Waals surface area contributed by atoms with Crippen molar-refractivity contribution >= 4 is 0 Å². The number of rotatable bonds is 3. The average molecular weight is 153 g/mol. The van der Waals surface area contributed by atoms with Gasteiger partial charge < -0.3 is 9.47 Å². The maximum Gasteiger partial charge on any atom is 0.179 e. The van der Waals surface area contributed by atoms with E-state index in [1.54, 1.807) is 0 Å². The first kappa shape index (κ1) is 8.25. The second kappa shape index (κ2) is 4.12. The van der Waals surface area contributed by atoms with Gasteiger partial charge in [-0.3, -0.25) is 0 Å². The molecule has 1 aliphatic rings. The van der Waals surface area contributed by atoms with Crippen LogP contribution in [0.1, 0.15) is 12.8 Å². The van der Waals surface area contributed by atoms with Crippen molar-refractivity contribution in [2.24, 2.45) is 0 Å². The Kier molecular flexibility index (Phi) is 3.09. The van der Waals surface area contributed by atoms with Crippen LogP contribution in [0.5, 0.6) is 0 Å². The zero-order valence-electron chi connectivity index (χ0n) is 6.38. The first-order chi connectivity index (χ1) is 5.34. The largest absolute Gasteiger partial charge is 0.346 e. The molecule has 11 heavy (non-hydrogen) atoms. The van der Waals surface area contributed by atoms with Crippen LogP contribution in [0.4, 0.5) is 0 Å². The van der Waals surface area contributed by atoms with E-state index in [2.05, 4.69) is 12.6 Å². The summed E-state index contributed by atoms with van der Waals surface area (Å²) in [5, 5.41) is 8.29. The van der Waals surface area contributed by atoms with Gasteiger partial charge in [0.1, 0.15) is 0 Å². The van der Waals surface area contributed by atoms with E-state index in [4.69, 9.17) is 14.7 Å². The van der Waals surface area contributed by atoms with Gasteiger partial charge in [0.15, 0.2) is 6.29 Å². The van der Waals surface area contributed by atoms with Crippen molar-refractivity contribution in [2.75, 3.05) is 13.2 Å². The number of nitriles is 1.